The minimum absolute atomic E-state index is 0.0000819. The van der Waals surface area contributed by atoms with Crippen molar-refractivity contribution >= 4 is 11.9 Å². The van der Waals surface area contributed by atoms with E-state index >= 15 is 0 Å². The van der Waals surface area contributed by atoms with Crippen LogP contribution >= 0.6 is 0 Å². The molecule has 6 nitrogen and oxygen atoms in total. The van der Waals surface area contributed by atoms with Gasteiger partial charge in [-0.2, -0.15) is 0 Å². The van der Waals surface area contributed by atoms with Crippen LogP contribution in [0.4, 0.5) is 0 Å². The van der Waals surface area contributed by atoms with E-state index in [0.29, 0.717) is 13.0 Å². The van der Waals surface area contributed by atoms with Crippen molar-refractivity contribution in [2.75, 3.05) is 13.7 Å². The third-order valence-electron chi connectivity index (χ3n) is 4.45. The summed E-state index contributed by atoms with van der Waals surface area (Å²) in [6.07, 6.45) is 0.509. The summed E-state index contributed by atoms with van der Waals surface area (Å²) in [7, 11) is 1.65. The predicted molar refractivity (Wildman–Crippen MR) is 112 cm³/mol. The van der Waals surface area contributed by atoms with E-state index in [9.17, 15) is 9.59 Å². The third-order valence-corrected chi connectivity index (χ3v) is 4.45. The molecule has 2 aromatic rings. The zero-order chi connectivity index (χ0) is 21.4. The molecule has 0 fully saturated rings. The van der Waals surface area contributed by atoms with Crippen LogP contribution in [0.15, 0.2) is 42.5 Å². The first-order chi connectivity index (χ1) is 13.7. The van der Waals surface area contributed by atoms with Gasteiger partial charge in [0.1, 0.15) is 17.2 Å². The molecule has 1 amide bonds. The highest BCUT2D eigenvalue weighted by atomic mass is 16.5. The molecule has 0 spiro atoms. The van der Waals surface area contributed by atoms with Crippen LogP contribution < -0.4 is 14.8 Å². The van der Waals surface area contributed by atoms with Crippen LogP contribution in [0, 0.1) is 0 Å². The number of hydrogen-bond donors (Lipinski definition) is 2. The van der Waals surface area contributed by atoms with E-state index in [0.717, 1.165) is 28.4 Å². The van der Waals surface area contributed by atoms with Crippen molar-refractivity contribution in [3.63, 3.8) is 0 Å². The predicted octanol–water partition coefficient (Wildman–Crippen LogP) is 4.31. The second kappa shape index (κ2) is 9.96. The third kappa shape index (κ3) is 7.14. The lowest BCUT2D eigenvalue weighted by Crippen LogP contribution is -2.25. The molecule has 0 atom stereocenters. The van der Waals surface area contributed by atoms with Crippen molar-refractivity contribution < 1.29 is 24.2 Å². The van der Waals surface area contributed by atoms with Crippen LogP contribution in [0.1, 0.15) is 44.7 Å². The zero-order valence-corrected chi connectivity index (χ0v) is 17.5. The molecule has 0 radical (unpaired) electrons. The molecule has 29 heavy (non-hydrogen) atoms. The van der Waals surface area contributed by atoms with E-state index in [1.54, 1.807) is 7.11 Å². The first kappa shape index (κ1) is 22.3. The molecule has 0 saturated carbocycles. The Kier molecular flexibility index (Phi) is 7.65. The molecule has 0 saturated heterocycles. The maximum absolute atomic E-state index is 11.6. The molecule has 2 rings (SSSR count). The number of nitrogens with one attached hydrogen (secondary N) is 1. The smallest absolute Gasteiger partial charge is 0.303 e. The van der Waals surface area contributed by atoms with Crippen LogP contribution in [0.3, 0.4) is 0 Å². The summed E-state index contributed by atoms with van der Waals surface area (Å²) < 4.78 is 11.4. The van der Waals surface area contributed by atoms with Gasteiger partial charge >= 0.3 is 5.97 Å². The molecule has 0 aliphatic heterocycles. The quantitative estimate of drug-likeness (QED) is 0.656. The van der Waals surface area contributed by atoms with Gasteiger partial charge in [0.15, 0.2) is 0 Å². The number of carboxylic acids is 1. The van der Waals surface area contributed by atoms with Gasteiger partial charge in [-0.05, 0) is 47.7 Å². The Hall–Kier alpha value is -3.02. The summed E-state index contributed by atoms with van der Waals surface area (Å²) in [5.41, 5.74) is 2.02. The molecule has 0 unspecified atom stereocenters. The van der Waals surface area contributed by atoms with E-state index in [4.69, 9.17) is 14.6 Å². The maximum Gasteiger partial charge on any atom is 0.303 e. The van der Waals surface area contributed by atoms with Crippen molar-refractivity contribution in [3.05, 3.63) is 53.6 Å². The summed E-state index contributed by atoms with van der Waals surface area (Å²) >= 11 is 0. The van der Waals surface area contributed by atoms with Crippen molar-refractivity contribution in [2.24, 2.45) is 0 Å². The molecule has 2 aromatic carbocycles. The molecule has 0 bridgehead atoms. The summed E-state index contributed by atoms with van der Waals surface area (Å²) in [4.78, 5) is 22.0. The second-order valence-electron chi connectivity index (χ2n) is 7.85. The lowest BCUT2D eigenvalue weighted by molar-refractivity contribution is -0.138. The number of benzene rings is 2. The van der Waals surface area contributed by atoms with Crippen LogP contribution in [-0.2, 0) is 21.4 Å². The second-order valence-corrected chi connectivity index (χ2v) is 7.85. The molecule has 6 heteroatoms. The van der Waals surface area contributed by atoms with E-state index < -0.39 is 5.97 Å². The van der Waals surface area contributed by atoms with Crippen molar-refractivity contribution in [1.29, 1.82) is 0 Å². The van der Waals surface area contributed by atoms with Gasteiger partial charge < -0.3 is 19.9 Å². The summed E-state index contributed by atoms with van der Waals surface area (Å²) in [6.45, 7) is 6.85. The lowest BCUT2D eigenvalue weighted by Gasteiger charge is -2.23. The van der Waals surface area contributed by atoms with Crippen LogP contribution in [0.2, 0.25) is 0 Å². The molecule has 0 heterocycles. The maximum atomic E-state index is 11.6. The number of amides is 1. The SMILES string of the molecule is COc1ccc(Oc2ccc(CCNC(=O)CCC(=O)O)cc2)c(C(C)(C)C)c1. The Morgan fingerprint density at radius 3 is 2.24 bits per heavy atom. The number of ether oxygens (including phenoxy) is 2. The standard InChI is InChI=1S/C23H29NO5/c1-23(2,3)19-15-18(28-4)9-10-20(19)29-17-7-5-16(6-8-17)13-14-24-21(25)11-12-22(26)27/h5-10,15H,11-14H2,1-4H3,(H,24,25)(H,26,27). The highest BCUT2D eigenvalue weighted by molar-refractivity contribution is 5.80. The van der Waals surface area contributed by atoms with Gasteiger partial charge in [0, 0.05) is 18.5 Å². The number of carbonyl (C=O) groups is 2. The van der Waals surface area contributed by atoms with Gasteiger partial charge in [-0.15, -0.1) is 0 Å². The van der Waals surface area contributed by atoms with E-state index in [2.05, 4.69) is 26.1 Å². The van der Waals surface area contributed by atoms with Gasteiger partial charge in [0.05, 0.1) is 13.5 Å². The van der Waals surface area contributed by atoms with Crippen LogP contribution in [0.25, 0.3) is 0 Å². The molecule has 0 aliphatic carbocycles. The van der Waals surface area contributed by atoms with Crippen molar-refractivity contribution in [3.8, 4) is 17.2 Å². The molecule has 156 valence electrons. The average Bonchev–Trinajstić information content (AvgIpc) is 2.67. The fourth-order valence-corrected chi connectivity index (χ4v) is 2.82. The minimum atomic E-state index is -0.970. The topological polar surface area (TPSA) is 84.9 Å². The molecular weight excluding hydrogens is 370 g/mol. The summed E-state index contributed by atoms with van der Waals surface area (Å²) in [5, 5.41) is 11.3. The average molecular weight is 399 g/mol. The van der Waals surface area contributed by atoms with Crippen LogP contribution in [-0.4, -0.2) is 30.6 Å². The minimum Gasteiger partial charge on any atom is -0.497 e. The van der Waals surface area contributed by atoms with Crippen LogP contribution in [0.5, 0.6) is 17.2 Å². The molecule has 0 aromatic heterocycles. The Balaban J connectivity index is 1.96. The Labute approximate surface area is 171 Å². The molecular formula is C23H29NO5. The van der Waals surface area contributed by atoms with Crippen molar-refractivity contribution in [1.82, 2.24) is 5.32 Å². The highest BCUT2D eigenvalue weighted by Gasteiger charge is 2.20. The van der Waals surface area contributed by atoms with E-state index in [1.807, 2.05) is 42.5 Å². The Morgan fingerprint density at radius 1 is 1.00 bits per heavy atom. The lowest BCUT2D eigenvalue weighted by atomic mass is 9.86. The van der Waals surface area contributed by atoms with Gasteiger partial charge in [0.2, 0.25) is 5.91 Å². The Bertz CT molecular complexity index is 837. The highest BCUT2D eigenvalue weighted by Crippen LogP contribution is 2.36. The number of carboxylic acid groups (broad SMARTS) is 1. The largest absolute Gasteiger partial charge is 0.497 e. The van der Waals surface area contributed by atoms with Crippen molar-refractivity contribution in [2.45, 2.75) is 45.4 Å². The first-order valence-corrected chi connectivity index (χ1v) is 9.63. The fraction of sp³-hybridized carbons (Fsp3) is 0.391. The Morgan fingerprint density at radius 2 is 1.66 bits per heavy atom. The number of rotatable bonds is 9. The number of methoxy groups -OCH3 is 1. The summed E-state index contributed by atoms with van der Waals surface area (Å²) in [5.74, 6) is 1.10. The fourth-order valence-electron chi connectivity index (χ4n) is 2.82. The van der Waals surface area contributed by atoms with E-state index in [-0.39, 0.29) is 24.2 Å². The molecule has 2 N–H and O–H groups in total. The van der Waals surface area contributed by atoms with Gasteiger partial charge in [0.25, 0.3) is 0 Å². The van der Waals surface area contributed by atoms with E-state index in [1.165, 1.54) is 0 Å². The number of aliphatic carboxylic acids is 1. The zero-order valence-electron chi connectivity index (χ0n) is 17.5. The number of hydrogen-bond acceptors (Lipinski definition) is 4. The van der Waals surface area contributed by atoms with Gasteiger partial charge in [-0.25, -0.2) is 0 Å². The normalized spacial score (nSPS) is 11.0. The monoisotopic (exact) mass is 399 g/mol. The van der Waals surface area contributed by atoms with Gasteiger partial charge in [-0.1, -0.05) is 32.9 Å². The number of carbonyl (C=O) groups excluding carboxylic acids is 1. The molecule has 0 aliphatic rings. The van der Waals surface area contributed by atoms with Gasteiger partial charge in [-0.3, -0.25) is 9.59 Å². The first-order valence-electron chi connectivity index (χ1n) is 9.63. The summed E-state index contributed by atoms with van der Waals surface area (Å²) in [6, 6.07) is 13.5.